The first-order chi connectivity index (χ1) is 12.1. The van der Waals surface area contributed by atoms with Gasteiger partial charge in [-0.25, -0.2) is 4.79 Å². The summed E-state index contributed by atoms with van der Waals surface area (Å²) in [6, 6.07) is 11.3. The molecule has 1 saturated heterocycles. The van der Waals surface area contributed by atoms with Gasteiger partial charge in [-0.1, -0.05) is 18.2 Å². The van der Waals surface area contributed by atoms with Crippen LogP contribution in [0.1, 0.15) is 31.9 Å². The van der Waals surface area contributed by atoms with Crippen molar-refractivity contribution in [3.63, 3.8) is 0 Å². The number of aromatic nitrogens is 2. The van der Waals surface area contributed by atoms with Gasteiger partial charge in [0.2, 0.25) is 0 Å². The first-order valence-corrected chi connectivity index (χ1v) is 9.34. The maximum Gasteiger partial charge on any atom is 0.330 e. The van der Waals surface area contributed by atoms with Crippen LogP contribution in [-0.2, 0) is 4.74 Å². The van der Waals surface area contributed by atoms with Gasteiger partial charge in [-0.3, -0.25) is 14.3 Å². The van der Waals surface area contributed by atoms with Crippen LogP contribution in [0.25, 0.3) is 0 Å². The summed E-state index contributed by atoms with van der Waals surface area (Å²) in [7, 11) is 0. The van der Waals surface area contributed by atoms with E-state index in [0.717, 1.165) is 24.2 Å². The molecule has 4 atom stereocenters. The molecule has 1 aromatic heterocycles. The van der Waals surface area contributed by atoms with E-state index in [-0.39, 0.29) is 5.25 Å². The van der Waals surface area contributed by atoms with Crippen molar-refractivity contribution in [3.05, 3.63) is 63.4 Å². The Balaban J connectivity index is 1.70. The van der Waals surface area contributed by atoms with Crippen molar-refractivity contribution < 1.29 is 9.84 Å². The highest BCUT2D eigenvalue weighted by Crippen LogP contribution is 2.51. The number of nitrogens with one attached hydrogen (secondary N) is 1. The van der Waals surface area contributed by atoms with Gasteiger partial charge in [0.15, 0.2) is 6.23 Å². The molecule has 2 aromatic rings. The molecule has 4 rings (SSSR count). The van der Waals surface area contributed by atoms with Gasteiger partial charge < -0.3 is 9.84 Å². The van der Waals surface area contributed by atoms with E-state index in [1.54, 1.807) is 11.8 Å². The molecular formula is C18H20N2O4S. The average molecular weight is 360 g/mol. The third-order valence-corrected chi connectivity index (χ3v) is 6.31. The molecule has 2 aliphatic rings. The van der Waals surface area contributed by atoms with Crippen LogP contribution in [0.5, 0.6) is 0 Å². The summed E-state index contributed by atoms with van der Waals surface area (Å²) in [5, 5.41) is 10.4. The Morgan fingerprint density at radius 3 is 2.72 bits per heavy atom. The number of rotatable bonds is 3. The van der Waals surface area contributed by atoms with Crippen molar-refractivity contribution in [3.8, 4) is 0 Å². The molecule has 1 spiro atoms. The molecule has 2 heterocycles. The zero-order valence-corrected chi connectivity index (χ0v) is 14.4. The fourth-order valence-corrected chi connectivity index (χ4v) is 5.18. The minimum absolute atomic E-state index is 0.0289. The summed E-state index contributed by atoms with van der Waals surface area (Å²) in [6.45, 7) is 0. The van der Waals surface area contributed by atoms with Gasteiger partial charge >= 0.3 is 5.69 Å². The van der Waals surface area contributed by atoms with E-state index in [2.05, 4.69) is 4.98 Å². The Labute approximate surface area is 148 Å². The molecule has 0 bridgehead atoms. The van der Waals surface area contributed by atoms with E-state index in [9.17, 15) is 14.7 Å². The van der Waals surface area contributed by atoms with Gasteiger partial charge in [0.05, 0.1) is 17.0 Å². The van der Waals surface area contributed by atoms with Crippen molar-refractivity contribution >= 4 is 11.8 Å². The van der Waals surface area contributed by atoms with Crippen molar-refractivity contribution in [2.75, 3.05) is 0 Å². The first-order valence-electron chi connectivity index (χ1n) is 8.46. The Kier molecular flexibility index (Phi) is 4.31. The van der Waals surface area contributed by atoms with E-state index in [1.807, 2.05) is 30.3 Å². The van der Waals surface area contributed by atoms with Gasteiger partial charge in [-0.15, -0.1) is 11.8 Å². The van der Waals surface area contributed by atoms with Crippen LogP contribution in [0.15, 0.2) is 57.1 Å². The zero-order chi connectivity index (χ0) is 17.4. The lowest BCUT2D eigenvalue weighted by Crippen LogP contribution is -2.38. The number of hydrogen-bond donors (Lipinski definition) is 2. The Bertz CT molecular complexity index is 865. The fourth-order valence-electron chi connectivity index (χ4n) is 3.84. The van der Waals surface area contributed by atoms with E-state index in [4.69, 9.17) is 4.74 Å². The molecule has 1 aliphatic carbocycles. The molecule has 7 heteroatoms. The number of nitrogens with zero attached hydrogens (tertiary/aromatic N) is 1. The number of hydrogen-bond acceptors (Lipinski definition) is 5. The summed E-state index contributed by atoms with van der Waals surface area (Å²) in [5.41, 5.74) is -1.52. The number of benzene rings is 1. The normalized spacial score (nSPS) is 31.6. The predicted octanol–water partition coefficient (Wildman–Crippen LogP) is 1.90. The molecule has 132 valence electrons. The summed E-state index contributed by atoms with van der Waals surface area (Å²) in [6.07, 6.45) is 3.52. The fraction of sp³-hybridized carbons (Fsp3) is 0.444. The Morgan fingerprint density at radius 1 is 1.24 bits per heavy atom. The van der Waals surface area contributed by atoms with E-state index in [1.165, 1.54) is 16.8 Å². The van der Waals surface area contributed by atoms with Crippen LogP contribution in [-0.4, -0.2) is 31.6 Å². The van der Waals surface area contributed by atoms with Crippen LogP contribution in [0.3, 0.4) is 0 Å². The second-order valence-electron chi connectivity index (χ2n) is 6.67. The van der Waals surface area contributed by atoms with Crippen molar-refractivity contribution in [1.82, 2.24) is 9.55 Å². The Hall–Kier alpha value is -1.83. The third-order valence-electron chi connectivity index (χ3n) is 5.06. The van der Waals surface area contributed by atoms with Crippen LogP contribution in [0, 0.1) is 0 Å². The lowest BCUT2D eigenvalue weighted by atomic mass is 9.96. The van der Waals surface area contributed by atoms with Gasteiger partial charge in [-0.05, 0) is 37.8 Å². The van der Waals surface area contributed by atoms with Crippen LogP contribution >= 0.6 is 11.8 Å². The minimum Gasteiger partial charge on any atom is -0.390 e. The van der Waals surface area contributed by atoms with E-state index in [0.29, 0.717) is 6.42 Å². The average Bonchev–Trinajstić information content (AvgIpc) is 3.12. The molecule has 25 heavy (non-hydrogen) atoms. The smallest absolute Gasteiger partial charge is 0.330 e. The SMILES string of the molecule is O=c1ccn([C@@H]2O[C@@]3(CCC[C@@H]3O)C[C@H]2Sc2ccccc2)c(=O)[nH]1. The molecule has 1 aromatic carbocycles. The lowest BCUT2D eigenvalue weighted by molar-refractivity contribution is -0.121. The number of aromatic amines is 1. The van der Waals surface area contributed by atoms with Gasteiger partial charge in [0, 0.05) is 17.2 Å². The second kappa shape index (κ2) is 6.48. The van der Waals surface area contributed by atoms with Crippen molar-refractivity contribution in [1.29, 1.82) is 0 Å². The molecule has 0 radical (unpaired) electrons. The highest BCUT2D eigenvalue weighted by Gasteiger charge is 2.54. The summed E-state index contributed by atoms with van der Waals surface area (Å²) in [5.74, 6) is 0. The number of thioether (sulfide) groups is 1. The maximum atomic E-state index is 12.3. The predicted molar refractivity (Wildman–Crippen MR) is 94.7 cm³/mol. The molecular weight excluding hydrogens is 340 g/mol. The number of ether oxygens (including phenoxy) is 1. The molecule has 0 amide bonds. The highest BCUT2D eigenvalue weighted by molar-refractivity contribution is 8.00. The number of H-pyrrole nitrogens is 1. The molecule has 2 fully saturated rings. The quantitative estimate of drug-likeness (QED) is 0.873. The van der Waals surface area contributed by atoms with Crippen molar-refractivity contribution in [2.45, 2.75) is 53.8 Å². The van der Waals surface area contributed by atoms with Crippen LogP contribution in [0.4, 0.5) is 0 Å². The lowest BCUT2D eigenvalue weighted by Gasteiger charge is -2.27. The minimum atomic E-state index is -0.604. The molecule has 2 N–H and O–H groups in total. The summed E-state index contributed by atoms with van der Waals surface area (Å²) in [4.78, 5) is 27.0. The van der Waals surface area contributed by atoms with Gasteiger partial charge in [-0.2, -0.15) is 0 Å². The zero-order valence-electron chi connectivity index (χ0n) is 13.6. The topological polar surface area (TPSA) is 84.3 Å². The van der Waals surface area contributed by atoms with Gasteiger partial charge in [0.1, 0.15) is 0 Å². The highest BCUT2D eigenvalue weighted by atomic mass is 32.2. The van der Waals surface area contributed by atoms with Crippen LogP contribution in [0.2, 0.25) is 0 Å². The van der Waals surface area contributed by atoms with Crippen LogP contribution < -0.4 is 11.2 Å². The third kappa shape index (κ3) is 3.07. The standard InChI is InChI=1S/C18H20N2O4S/c21-14-7-4-9-18(14)11-13(25-12-5-2-1-3-6-12)16(24-18)20-10-8-15(22)19-17(20)23/h1-3,5-6,8,10,13-14,16,21H,4,7,9,11H2,(H,19,22,23)/t13-,14+,16-,18+/m1/s1. The second-order valence-corrected chi connectivity index (χ2v) is 7.98. The van der Waals surface area contributed by atoms with Gasteiger partial charge in [0.25, 0.3) is 5.56 Å². The Morgan fingerprint density at radius 2 is 2.04 bits per heavy atom. The van der Waals surface area contributed by atoms with E-state index < -0.39 is 29.2 Å². The number of aliphatic hydroxyl groups excluding tert-OH is 1. The molecule has 6 nitrogen and oxygen atoms in total. The number of aliphatic hydroxyl groups is 1. The maximum absolute atomic E-state index is 12.3. The van der Waals surface area contributed by atoms with E-state index >= 15 is 0 Å². The largest absolute Gasteiger partial charge is 0.390 e. The molecule has 1 saturated carbocycles. The van der Waals surface area contributed by atoms with Crippen molar-refractivity contribution in [2.24, 2.45) is 0 Å². The molecule has 0 unspecified atom stereocenters. The first kappa shape index (κ1) is 16.6. The monoisotopic (exact) mass is 360 g/mol. The summed E-state index contributed by atoms with van der Waals surface area (Å²) < 4.78 is 7.72. The molecule has 1 aliphatic heterocycles. The summed E-state index contributed by atoms with van der Waals surface area (Å²) >= 11 is 1.64.